The molecular formula is C15H23NO. The maximum Gasteiger partial charge on any atom is 0.0624 e. The lowest BCUT2D eigenvalue weighted by molar-refractivity contribution is -0.0117. The van der Waals surface area contributed by atoms with Gasteiger partial charge in [-0.2, -0.15) is 0 Å². The van der Waals surface area contributed by atoms with Gasteiger partial charge in [-0.3, -0.25) is 0 Å². The maximum atomic E-state index is 6.12. The van der Waals surface area contributed by atoms with Gasteiger partial charge in [-0.25, -0.2) is 0 Å². The zero-order valence-corrected chi connectivity index (χ0v) is 11.1. The molecule has 2 heteroatoms. The van der Waals surface area contributed by atoms with Crippen LogP contribution in [0.15, 0.2) is 24.3 Å². The van der Waals surface area contributed by atoms with Gasteiger partial charge in [-0.05, 0) is 50.7 Å². The SMILES string of the molecule is CC(C)(C)OCC(N)CC1Cc2ccccc21. The summed E-state index contributed by atoms with van der Waals surface area (Å²) in [5.41, 5.74) is 9.01. The molecule has 2 N–H and O–H groups in total. The second-order valence-electron chi connectivity index (χ2n) is 6.02. The molecule has 2 nitrogen and oxygen atoms in total. The average molecular weight is 233 g/mol. The van der Waals surface area contributed by atoms with Gasteiger partial charge in [0.1, 0.15) is 0 Å². The van der Waals surface area contributed by atoms with Crippen molar-refractivity contribution in [2.45, 2.75) is 51.2 Å². The summed E-state index contributed by atoms with van der Waals surface area (Å²) in [6, 6.07) is 8.80. The van der Waals surface area contributed by atoms with Crippen LogP contribution in [-0.4, -0.2) is 18.2 Å². The van der Waals surface area contributed by atoms with Gasteiger partial charge in [0.15, 0.2) is 0 Å². The van der Waals surface area contributed by atoms with Gasteiger partial charge in [0.05, 0.1) is 12.2 Å². The van der Waals surface area contributed by atoms with Crippen molar-refractivity contribution in [2.75, 3.05) is 6.61 Å². The van der Waals surface area contributed by atoms with E-state index in [4.69, 9.17) is 10.5 Å². The van der Waals surface area contributed by atoms with Crippen molar-refractivity contribution in [1.29, 1.82) is 0 Å². The van der Waals surface area contributed by atoms with Gasteiger partial charge in [0, 0.05) is 6.04 Å². The molecule has 2 unspecified atom stereocenters. The van der Waals surface area contributed by atoms with Crippen molar-refractivity contribution < 1.29 is 4.74 Å². The normalized spacial score (nSPS) is 20.6. The summed E-state index contributed by atoms with van der Waals surface area (Å²) in [7, 11) is 0. The molecule has 1 aliphatic carbocycles. The van der Waals surface area contributed by atoms with Crippen LogP contribution in [0.5, 0.6) is 0 Å². The largest absolute Gasteiger partial charge is 0.374 e. The van der Waals surface area contributed by atoms with E-state index < -0.39 is 0 Å². The summed E-state index contributed by atoms with van der Waals surface area (Å²) < 4.78 is 5.72. The molecule has 94 valence electrons. The van der Waals surface area contributed by atoms with E-state index in [1.54, 1.807) is 0 Å². The van der Waals surface area contributed by atoms with Crippen molar-refractivity contribution >= 4 is 0 Å². The molecular weight excluding hydrogens is 210 g/mol. The molecule has 2 atom stereocenters. The van der Waals surface area contributed by atoms with Crippen molar-refractivity contribution in [2.24, 2.45) is 5.73 Å². The van der Waals surface area contributed by atoms with E-state index in [1.807, 2.05) is 0 Å². The Morgan fingerprint density at radius 2 is 2.06 bits per heavy atom. The molecule has 0 spiro atoms. The molecule has 1 aromatic carbocycles. The monoisotopic (exact) mass is 233 g/mol. The fourth-order valence-corrected chi connectivity index (χ4v) is 2.36. The number of benzene rings is 1. The predicted molar refractivity (Wildman–Crippen MR) is 71.2 cm³/mol. The lowest BCUT2D eigenvalue weighted by Crippen LogP contribution is -2.35. The number of rotatable bonds is 4. The quantitative estimate of drug-likeness (QED) is 0.868. The van der Waals surface area contributed by atoms with Crippen LogP contribution in [0, 0.1) is 0 Å². The predicted octanol–water partition coefficient (Wildman–Crippen LogP) is 2.86. The van der Waals surface area contributed by atoms with Gasteiger partial charge < -0.3 is 10.5 Å². The van der Waals surface area contributed by atoms with Crippen molar-refractivity contribution in [1.82, 2.24) is 0 Å². The smallest absolute Gasteiger partial charge is 0.0624 e. The van der Waals surface area contributed by atoms with Crippen LogP contribution in [0.2, 0.25) is 0 Å². The number of ether oxygens (including phenoxy) is 1. The standard InChI is InChI=1S/C15H23NO/c1-15(2,3)17-10-13(16)9-12-8-11-6-4-5-7-14(11)12/h4-7,12-13H,8-10,16H2,1-3H3. The average Bonchev–Trinajstić information content (AvgIpc) is 2.22. The minimum Gasteiger partial charge on any atom is -0.374 e. The highest BCUT2D eigenvalue weighted by Gasteiger charge is 2.27. The van der Waals surface area contributed by atoms with Gasteiger partial charge >= 0.3 is 0 Å². The first-order chi connectivity index (χ1) is 7.96. The third-order valence-electron chi connectivity index (χ3n) is 3.28. The van der Waals surface area contributed by atoms with Gasteiger partial charge in [0.25, 0.3) is 0 Å². The molecule has 1 aliphatic rings. The Hall–Kier alpha value is -0.860. The first-order valence-electron chi connectivity index (χ1n) is 6.43. The molecule has 0 aliphatic heterocycles. The highest BCUT2D eigenvalue weighted by Crippen LogP contribution is 2.37. The van der Waals surface area contributed by atoms with E-state index >= 15 is 0 Å². The van der Waals surface area contributed by atoms with E-state index in [9.17, 15) is 0 Å². The van der Waals surface area contributed by atoms with Crippen LogP contribution in [0.25, 0.3) is 0 Å². The van der Waals surface area contributed by atoms with Crippen molar-refractivity contribution in [3.05, 3.63) is 35.4 Å². The summed E-state index contributed by atoms with van der Waals surface area (Å²) in [6.07, 6.45) is 2.21. The van der Waals surface area contributed by atoms with E-state index in [0.29, 0.717) is 12.5 Å². The summed E-state index contributed by atoms with van der Waals surface area (Å²) >= 11 is 0. The van der Waals surface area contributed by atoms with Crippen LogP contribution < -0.4 is 5.73 Å². The summed E-state index contributed by atoms with van der Waals surface area (Å²) in [5, 5.41) is 0. The van der Waals surface area contributed by atoms with E-state index in [-0.39, 0.29) is 11.6 Å². The van der Waals surface area contributed by atoms with Crippen molar-refractivity contribution in [3.8, 4) is 0 Å². The molecule has 0 bridgehead atoms. The van der Waals surface area contributed by atoms with Gasteiger partial charge in [-0.15, -0.1) is 0 Å². The molecule has 17 heavy (non-hydrogen) atoms. The second kappa shape index (κ2) is 4.79. The number of fused-ring (bicyclic) bond motifs is 1. The molecule has 0 saturated carbocycles. The summed E-state index contributed by atoms with van der Waals surface area (Å²) in [4.78, 5) is 0. The maximum absolute atomic E-state index is 6.12. The zero-order chi connectivity index (χ0) is 12.5. The molecule has 0 heterocycles. The molecule has 0 radical (unpaired) electrons. The minimum atomic E-state index is -0.0882. The lowest BCUT2D eigenvalue weighted by atomic mass is 9.74. The third-order valence-corrected chi connectivity index (χ3v) is 3.28. The number of hydrogen-bond donors (Lipinski definition) is 1. The molecule has 0 saturated heterocycles. The van der Waals surface area contributed by atoms with E-state index in [2.05, 4.69) is 45.0 Å². The summed E-state index contributed by atoms with van der Waals surface area (Å²) in [6.45, 7) is 6.86. The Balaban J connectivity index is 1.80. The third kappa shape index (κ3) is 3.30. The van der Waals surface area contributed by atoms with Crippen LogP contribution in [0.1, 0.15) is 44.2 Å². The van der Waals surface area contributed by atoms with Crippen LogP contribution in [0.4, 0.5) is 0 Å². The Bertz CT molecular complexity index is 381. The van der Waals surface area contributed by atoms with Crippen LogP contribution in [0.3, 0.4) is 0 Å². The molecule has 0 fully saturated rings. The zero-order valence-electron chi connectivity index (χ0n) is 11.1. The van der Waals surface area contributed by atoms with Gasteiger partial charge in [0.2, 0.25) is 0 Å². The van der Waals surface area contributed by atoms with Gasteiger partial charge in [-0.1, -0.05) is 24.3 Å². The topological polar surface area (TPSA) is 35.2 Å². The Kier molecular flexibility index (Phi) is 3.55. The second-order valence-corrected chi connectivity index (χ2v) is 6.02. The fraction of sp³-hybridized carbons (Fsp3) is 0.600. The molecule has 0 amide bonds. The molecule has 2 rings (SSSR count). The van der Waals surface area contributed by atoms with Crippen LogP contribution >= 0.6 is 0 Å². The molecule has 0 aromatic heterocycles. The van der Waals surface area contributed by atoms with Crippen LogP contribution in [-0.2, 0) is 11.2 Å². The Morgan fingerprint density at radius 3 is 2.71 bits per heavy atom. The summed E-state index contributed by atoms with van der Waals surface area (Å²) in [5.74, 6) is 0.643. The first-order valence-corrected chi connectivity index (χ1v) is 6.43. The fourth-order valence-electron chi connectivity index (χ4n) is 2.36. The minimum absolute atomic E-state index is 0.0882. The Labute approximate surface area is 104 Å². The lowest BCUT2D eigenvalue weighted by Gasteiger charge is -2.32. The molecule has 1 aromatic rings. The number of hydrogen-bond acceptors (Lipinski definition) is 2. The highest BCUT2D eigenvalue weighted by molar-refractivity contribution is 5.39. The van der Waals surface area contributed by atoms with E-state index in [0.717, 1.165) is 6.42 Å². The number of nitrogens with two attached hydrogens (primary N) is 1. The highest BCUT2D eigenvalue weighted by atomic mass is 16.5. The van der Waals surface area contributed by atoms with Crippen molar-refractivity contribution in [3.63, 3.8) is 0 Å². The van der Waals surface area contributed by atoms with E-state index in [1.165, 1.54) is 17.5 Å². The Morgan fingerprint density at radius 1 is 1.35 bits per heavy atom. The first kappa shape index (κ1) is 12.6.